The molecule has 0 heterocycles. The normalized spacial score (nSPS) is 23.7. The van der Waals surface area contributed by atoms with Gasteiger partial charge < -0.3 is 15.2 Å². The summed E-state index contributed by atoms with van der Waals surface area (Å²) in [5.74, 6) is -0.355. The van der Waals surface area contributed by atoms with Crippen molar-refractivity contribution < 1.29 is 19.4 Å². The predicted octanol–water partition coefficient (Wildman–Crippen LogP) is 2.93. The topological polar surface area (TPSA) is 75.6 Å². The van der Waals surface area contributed by atoms with E-state index >= 15 is 0 Å². The molecule has 1 amide bonds. The van der Waals surface area contributed by atoms with Crippen LogP contribution >= 0.6 is 0 Å². The van der Waals surface area contributed by atoms with Gasteiger partial charge >= 0.3 is 12.1 Å². The smallest absolute Gasteiger partial charge is 0.407 e. The molecule has 19 heavy (non-hydrogen) atoms. The lowest BCUT2D eigenvalue weighted by Crippen LogP contribution is -2.41. The number of nitrogens with one attached hydrogen (secondary N) is 1. The number of rotatable bonds is 4. The summed E-state index contributed by atoms with van der Waals surface area (Å²) in [6.07, 6.45) is 4.42. The molecule has 5 nitrogen and oxygen atoms in total. The van der Waals surface area contributed by atoms with Crippen LogP contribution in [0.4, 0.5) is 4.79 Å². The van der Waals surface area contributed by atoms with E-state index in [9.17, 15) is 9.59 Å². The second kappa shape index (κ2) is 6.78. The Morgan fingerprint density at radius 1 is 1.32 bits per heavy atom. The van der Waals surface area contributed by atoms with Crippen molar-refractivity contribution in [3.05, 3.63) is 0 Å². The van der Waals surface area contributed by atoms with Gasteiger partial charge in [0.05, 0.1) is 0 Å². The number of carbonyl (C=O) groups excluding carboxylic acids is 1. The Labute approximate surface area is 114 Å². The van der Waals surface area contributed by atoms with Gasteiger partial charge in [-0.15, -0.1) is 0 Å². The highest BCUT2D eigenvalue weighted by atomic mass is 16.6. The second-order valence-electron chi connectivity index (χ2n) is 6.31. The van der Waals surface area contributed by atoms with Crippen molar-refractivity contribution >= 4 is 12.1 Å². The minimum absolute atomic E-state index is 0.113. The lowest BCUT2D eigenvalue weighted by molar-refractivity contribution is -0.137. The monoisotopic (exact) mass is 271 g/mol. The van der Waals surface area contributed by atoms with Gasteiger partial charge in [0.25, 0.3) is 0 Å². The first-order valence-electron chi connectivity index (χ1n) is 6.97. The fourth-order valence-corrected chi connectivity index (χ4v) is 2.49. The summed E-state index contributed by atoms with van der Waals surface area (Å²) in [4.78, 5) is 22.2. The first-order valence-corrected chi connectivity index (χ1v) is 6.97. The molecule has 1 rings (SSSR count). The maximum absolute atomic E-state index is 11.7. The first-order chi connectivity index (χ1) is 8.76. The van der Waals surface area contributed by atoms with Crippen molar-refractivity contribution in [3.63, 3.8) is 0 Å². The molecule has 2 atom stereocenters. The summed E-state index contributed by atoms with van der Waals surface area (Å²) in [7, 11) is 0. The van der Waals surface area contributed by atoms with E-state index in [1.165, 1.54) is 0 Å². The van der Waals surface area contributed by atoms with Gasteiger partial charge in [-0.1, -0.05) is 12.8 Å². The molecule has 1 aliphatic rings. The van der Waals surface area contributed by atoms with E-state index in [1.807, 2.05) is 20.8 Å². The van der Waals surface area contributed by atoms with Crippen LogP contribution in [0.5, 0.6) is 0 Å². The molecule has 0 aliphatic heterocycles. The van der Waals surface area contributed by atoms with Crippen LogP contribution in [0.1, 0.15) is 59.3 Å². The summed E-state index contributed by atoms with van der Waals surface area (Å²) in [6, 6.07) is 0.113. The fraction of sp³-hybridized carbons (Fsp3) is 0.857. The minimum Gasteiger partial charge on any atom is -0.481 e. The van der Waals surface area contributed by atoms with Gasteiger partial charge in [0.15, 0.2) is 0 Å². The Morgan fingerprint density at radius 2 is 2.00 bits per heavy atom. The fourth-order valence-electron chi connectivity index (χ4n) is 2.49. The van der Waals surface area contributed by atoms with Crippen LogP contribution in [0.15, 0.2) is 0 Å². The number of alkyl carbamates (subject to hydrolysis) is 1. The molecule has 0 aromatic rings. The number of carbonyl (C=O) groups is 2. The maximum Gasteiger partial charge on any atom is 0.407 e. The van der Waals surface area contributed by atoms with Gasteiger partial charge in [0, 0.05) is 12.5 Å². The third-order valence-electron chi connectivity index (χ3n) is 3.27. The van der Waals surface area contributed by atoms with E-state index in [-0.39, 0.29) is 18.6 Å². The molecular weight excluding hydrogens is 246 g/mol. The Bertz CT molecular complexity index is 322. The van der Waals surface area contributed by atoms with Gasteiger partial charge in [-0.05, 0) is 46.0 Å². The molecule has 1 fully saturated rings. The highest BCUT2D eigenvalue weighted by Crippen LogP contribution is 2.28. The van der Waals surface area contributed by atoms with Crippen molar-refractivity contribution in [2.24, 2.45) is 5.92 Å². The van der Waals surface area contributed by atoms with E-state index in [0.29, 0.717) is 12.3 Å². The quantitative estimate of drug-likeness (QED) is 0.824. The van der Waals surface area contributed by atoms with Crippen molar-refractivity contribution in [2.45, 2.75) is 70.9 Å². The molecule has 0 aromatic carbocycles. The van der Waals surface area contributed by atoms with E-state index < -0.39 is 11.6 Å². The van der Waals surface area contributed by atoms with Gasteiger partial charge in [0.2, 0.25) is 0 Å². The van der Waals surface area contributed by atoms with Gasteiger partial charge in [-0.3, -0.25) is 4.79 Å². The average molecular weight is 271 g/mol. The SMILES string of the molecule is CC(C)(C)OC(=O)NC1CCCC(CCC(=O)O)C1. The summed E-state index contributed by atoms with van der Waals surface area (Å²) in [5.41, 5.74) is -0.485. The lowest BCUT2D eigenvalue weighted by atomic mass is 9.83. The number of carboxylic acids is 1. The zero-order valence-electron chi connectivity index (χ0n) is 12.1. The Balaban J connectivity index is 2.34. The molecule has 110 valence electrons. The predicted molar refractivity (Wildman–Crippen MR) is 72.0 cm³/mol. The molecule has 0 bridgehead atoms. The molecule has 0 saturated heterocycles. The molecule has 2 unspecified atom stereocenters. The van der Waals surface area contributed by atoms with Crippen molar-refractivity contribution in [1.82, 2.24) is 5.32 Å². The highest BCUT2D eigenvalue weighted by Gasteiger charge is 2.25. The van der Waals surface area contributed by atoms with E-state index in [0.717, 1.165) is 25.7 Å². The van der Waals surface area contributed by atoms with Gasteiger partial charge in [0.1, 0.15) is 5.60 Å². The highest BCUT2D eigenvalue weighted by molar-refractivity contribution is 5.68. The summed E-state index contributed by atoms with van der Waals surface area (Å²) >= 11 is 0. The summed E-state index contributed by atoms with van der Waals surface area (Å²) in [5, 5.41) is 11.6. The van der Waals surface area contributed by atoms with Crippen molar-refractivity contribution in [3.8, 4) is 0 Å². The number of ether oxygens (including phenoxy) is 1. The zero-order valence-corrected chi connectivity index (χ0v) is 12.1. The zero-order chi connectivity index (χ0) is 14.5. The number of aliphatic carboxylic acids is 1. The van der Waals surface area contributed by atoms with Crippen LogP contribution in [-0.4, -0.2) is 28.8 Å². The van der Waals surface area contributed by atoms with Crippen LogP contribution in [0.25, 0.3) is 0 Å². The van der Waals surface area contributed by atoms with Crippen molar-refractivity contribution in [1.29, 1.82) is 0 Å². The minimum atomic E-state index is -0.748. The molecule has 1 saturated carbocycles. The Kier molecular flexibility index (Phi) is 5.63. The molecule has 5 heteroatoms. The molecule has 2 N–H and O–H groups in total. The third kappa shape index (κ3) is 7.03. The standard InChI is InChI=1S/C14H25NO4/c1-14(2,3)19-13(18)15-11-6-4-5-10(9-11)7-8-12(16)17/h10-11H,4-9H2,1-3H3,(H,15,18)(H,16,17). The molecule has 0 radical (unpaired) electrons. The molecule has 0 spiro atoms. The van der Waals surface area contributed by atoms with Crippen LogP contribution in [-0.2, 0) is 9.53 Å². The van der Waals surface area contributed by atoms with Crippen LogP contribution in [0, 0.1) is 5.92 Å². The van der Waals surface area contributed by atoms with E-state index in [2.05, 4.69) is 5.32 Å². The number of hydrogen-bond donors (Lipinski definition) is 2. The second-order valence-corrected chi connectivity index (χ2v) is 6.31. The van der Waals surface area contributed by atoms with E-state index in [1.54, 1.807) is 0 Å². The molecular formula is C14H25NO4. The van der Waals surface area contributed by atoms with Gasteiger partial charge in [-0.25, -0.2) is 4.79 Å². The van der Waals surface area contributed by atoms with E-state index in [4.69, 9.17) is 9.84 Å². The number of hydrogen-bond acceptors (Lipinski definition) is 3. The summed E-state index contributed by atoms with van der Waals surface area (Å²) < 4.78 is 5.23. The van der Waals surface area contributed by atoms with Crippen LogP contribution in [0.3, 0.4) is 0 Å². The maximum atomic E-state index is 11.7. The Morgan fingerprint density at radius 3 is 2.58 bits per heavy atom. The first kappa shape index (κ1) is 15.8. The van der Waals surface area contributed by atoms with Crippen LogP contribution in [0.2, 0.25) is 0 Å². The molecule has 1 aliphatic carbocycles. The van der Waals surface area contributed by atoms with Crippen LogP contribution < -0.4 is 5.32 Å². The lowest BCUT2D eigenvalue weighted by Gasteiger charge is -2.30. The average Bonchev–Trinajstić information content (AvgIpc) is 2.24. The summed E-state index contributed by atoms with van der Waals surface area (Å²) in [6.45, 7) is 5.51. The van der Waals surface area contributed by atoms with Gasteiger partial charge in [-0.2, -0.15) is 0 Å². The number of amides is 1. The molecule has 0 aromatic heterocycles. The Hall–Kier alpha value is -1.26. The number of carboxylic acid groups (broad SMARTS) is 1. The third-order valence-corrected chi connectivity index (χ3v) is 3.27. The largest absolute Gasteiger partial charge is 0.481 e. The van der Waals surface area contributed by atoms with Crippen molar-refractivity contribution in [2.75, 3.05) is 0 Å².